The van der Waals surface area contributed by atoms with Gasteiger partial charge < -0.3 is 5.32 Å². The van der Waals surface area contributed by atoms with Crippen LogP contribution in [0.1, 0.15) is 27.7 Å². The first-order chi connectivity index (χ1) is 9.23. The summed E-state index contributed by atoms with van der Waals surface area (Å²) < 4.78 is 24.1. The molecule has 120 valence electrons. The highest BCUT2D eigenvalue weighted by atomic mass is 32.2. The fourth-order valence-corrected chi connectivity index (χ4v) is 5.53. The van der Waals surface area contributed by atoms with Gasteiger partial charge in [-0.2, -0.15) is 11.8 Å². The fraction of sp³-hybridized carbons (Fsp3) is 1.00. The van der Waals surface area contributed by atoms with Crippen molar-refractivity contribution in [3.8, 4) is 0 Å². The summed E-state index contributed by atoms with van der Waals surface area (Å²) in [7, 11) is -3.02. The summed E-state index contributed by atoms with van der Waals surface area (Å²) in [5.41, 5.74) is 0. The predicted molar refractivity (Wildman–Crippen MR) is 89.0 cm³/mol. The van der Waals surface area contributed by atoms with Crippen molar-refractivity contribution in [3.63, 3.8) is 0 Å². The molecule has 1 aliphatic rings. The molecule has 0 aromatic carbocycles. The van der Waals surface area contributed by atoms with Crippen molar-refractivity contribution >= 4 is 21.6 Å². The first-order valence-electron chi connectivity index (χ1n) is 7.46. The quantitative estimate of drug-likeness (QED) is 0.773. The molecule has 0 bridgehead atoms. The zero-order valence-corrected chi connectivity index (χ0v) is 15.1. The third kappa shape index (κ3) is 5.54. The molecule has 1 N–H and O–H groups in total. The lowest BCUT2D eigenvalue weighted by Crippen LogP contribution is -2.56. The van der Waals surface area contributed by atoms with Crippen molar-refractivity contribution in [1.29, 1.82) is 0 Å². The van der Waals surface area contributed by atoms with Gasteiger partial charge >= 0.3 is 0 Å². The van der Waals surface area contributed by atoms with Crippen molar-refractivity contribution in [1.82, 2.24) is 10.2 Å². The van der Waals surface area contributed by atoms with Crippen LogP contribution >= 0.6 is 11.8 Å². The SMILES string of the molecule is CC(C)CNCC(C(C)C)N1CCSCC1S(C)(=O)=O. The number of thioether (sulfide) groups is 1. The lowest BCUT2D eigenvalue weighted by molar-refractivity contribution is 0.147. The van der Waals surface area contributed by atoms with Crippen LogP contribution in [0.25, 0.3) is 0 Å². The molecule has 0 radical (unpaired) electrons. The molecule has 1 aliphatic heterocycles. The zero-order valence-electron chi connectivity index (χ0n) is 13.4. The molecule has 20 heavy (non-hydrogen) atoms. The normalized spacial score (nSPS) is 23.4. The number of nitrogens with zero attached hydrogens (tertiary/aromatic N) is 1. The van der Waals surface area contributed by atoms with Crippen LogP contribution in [0.4, 0.5) is 0 Å². The van der Waals surface area contributed by atoms with Gasteiger partial charge in [0.1, 0.15) is 5.37 Å². The Kier molecular flexibility index (Phi) is 7.32. The zero-order chi connectivity index (χ0) is 15.3. The highest BCUT2D eigenvalue weighted by molar-refractivity contribution is 8.00. The minimum Gasteiger partial charge on any atom is -0.315 e. The average Bonchev–Trinajstić information content (AvgIpc) is 2.33. The van der Waals surface area contributed by atoms with E-state index in [0.29, 0.717) is 17.6 Å². The Labute approximate surface area is 129 Å². The van der Waals surface area contributed by atoms with Crippen molar-refractivity contribution < 1.29 is 8.42 Å². The van der Waals surface area contributed by atoms with Gasteiger partial charge in [0, 0.05) is 36.9 Å². The number of nitrogens with one attached hydrogen (secondary N) is 1. The molecule has 0 aromatic heterocycles. The highest BCUT2D eigenvalue weighted by Crippen LogP contribution is 2.25. The van der Waals surface area contributed by atoms with E-state index < -0.39 is 9.84 Å². The Hall–Kier alpha value is 0.220. The summed E-state index contributed by atoms with van der Waals surface area (Å²) in [4.78, 5) is 2.21. The minimum absolute atomic E-state index is 0.286. The molecule has 2 atom stereocenters. The number of rotatable bonds is 7. The van der Waals surface area contributed by atoms with Gasteiger partial charge in [0.05, 0.1) is 0 Å². The van der Waals surface area contributed by atoms with E-state index in [1.54, 1.807) is 11.8 Å². The van der Waals surface area contributed by atoms with E-state index in [1.165, 1.54) is 6.26 Å². The van der Waals surface area contributed by atoms with E-state index in [1.807, 2.05) is 0 Å². The van der Waals surface area contributed by atoms with Crippen molar-refractivity contribution in [2.45, 2.75) is 39.1 Å². The van der Waals surface area contributed by atoms with Crippen LogP contribution in [0.5, 0.6) is 0 Å². The van der Waals surface area contributed by atoms with Gasteiger partial charge in [-0.3, -0.25) is 4.90 Å². The van der Waals surface area contributed by atoms with Gasteiger partial charge in [-0.25, -0.2) is 8.42 Å². The molecule has 1 fully saturated rings. The molecule has 6 heteroatoms. The number of hydrogen-bond donors (Lipinski definition) is 1. The summed E-state index contributed by atoms with van der Waals surface area (Å²) in [5, 5.41) is 3.17. The van der Waals surface area contributed by atoms with E-state index in [9.17, 15) is 8.42 Å². The Bertz CT molecular complexity index is 383. The second-order valence-corrected chi connectivity index (χ2v) is 9.81. The van der Waals surface area contributed by atoms with Crippen molar-refractivity contribution in [3.05, 3.63) is 0 Å². The largest absolute Gasteiger partial charge is 0.315 e. The maximum atomic E-state index is 12.0. The van der Waals surface area contributed by atoms with Crippen LogP contribution in [-0.2, 0) is 9.84 Å². The molecule has 0 aromatic rings. The van der Waals surface area contributed by atoms with E-state index in [2.05, 4.69) is 37.9 Å². The molecule has 2 unspecified atom stereocenters. The molecule has 0 saturated carbocycles. The lowest BCUT2D eigenvalue weighted by atomic mass is 10.0. The number of sulfone groups is 1. The van der Waals surface area contributed by atoms with Crippen LogP contribution < -0.4 is 5.32 Å². The molecular weight excluding hydrogens is 292 g/mol. The van der Waals surface area contributed by atoms with Gasteiger partial charge in [0.2, 0.25) is 0 Å². The van der Waals surface area contributed by atoms with Crippen molar-refractivity contribution in [2.24, 2.45) is 11.8 Å². The van der Waals surface area contributed by atoms with E-state index >= 15 is 0 Å². The van der Waals surface area contributed by atoms with Crippen LogP contribution in [-0.4, -0.2) is 62.1 Å². The van der Waals surface area contributed by atoms with Crippen LogP contribution in [0, 0.1) is 11.8 Å². The maximum absolute atomic E-state index is 12.0. The third-order valence-electron chi connectivity index (χ3n) is 3.72. The first-order valence-corrected chi connectivity index (χ1v) is 10.6. The molecule has 1 rings (SSSR count). The summed E-state index contributed by atoms with van der Waals surface area (Å²) >= 11 is 1.75. The molecule has 1 saturated heterocycles. The summed E-state index contributed by atoms with van der Waals surface area (Å²) in [5.74, 6) is 2.79. The standard InChI is InChI=1S/C14H30N2O2S2/c1-11(2)8-15-9-13(12(3)4)16-6-7-19-10-14(16)20(5,17)18/h11-15H,6-10H2,1-5H3. The molecular formula is C14H30N2O2S2. The lowest BCUT2D eigenvalue weighted by Gasteiger charge is -2.42. The molecule has 0 spiro atoms. The summed E-state index contributed by atoms with van der Waals surface area (Å²) in [6.07, 6.45) is 1.37. The minimum atomic E-state index is -3.02. The average molecular weight is 323 g/mol. The maximum Gasteiger partial charge on any atom is 0.164 e. The van der Waals surface area contributed by atoms with Gasteiger partial charge in [-0.05, 0) is 18.4 Å². The predicted octanol–water partition coefficient (Wildman–Crippen LogP) is 1.68. The van der Waals surface area contributed by atoms with Gasteiger partial charge in [0.15, 0.2) is 9.84 Å². The van der Waals surface area contributed by atoms with E-state index in [0.717, 1.165) is 25.4 Å². The Morgan fingerprint density at radius 3 is 2.40 bits per heavy atom. The van der Waals surface area contributed by atoms with Crippen LogP contribution in [0.3, 0.4) is 0 Å². The van der Waals surface area contributed by atoms with Crippen molar-refractivity contribution in [2.75, 3.05) is 37.4 Å². The smallest absolute Gasteiger partial charge is 0.164 e. The van der Waals surface area contributed by atoms with Crippen LogP contribution in [0.15, 0.2) is 0 Å². The van der Waals surface area contributed by atoms with Gasteiger partial charge in [-0.1, -0.05) is 27.7 Å². The van der Waals surface area contributed by atoms with E-state index in [-0.39, 0.29) is 11.4 Å². The molecule has 0 amide bonds. The first kappa shape index (κ1) is 18.3. The monoisotopic (exact) mass is 322 g/mol. The molecule has 1 heterocycles. The second kappa shape index (κ2) is 8.01. The third-order valence-corrected chi connectivity index (χ3v) is 6.38. The van der Waals surface area contributed by atoms with Gasteiger partial charge in [0.25, 0.3) is 0 Å². The summed E-state index contributed by atoms with van der Waals surface area (Å²) in [6.45, 7) is 11.5. The fourth-order valence-electron chi connectivity index (χ4n) is 2.60. The molecule has 4 nitrogen and oxygen atoms in total. The highest BCUT2D eigenvalue weighted by Gasteiger charge is 2.36. The second-order valence-electron chi connectivity index (χ2n) is 6.46. The summed E-state index contributed by atoms with van der Waals surface area (Å²) in [6, 6.07) is 0.286. The van der Waals surface area contributed by atoms with Crippen LogP contribution in [0.2, 0.25) is 0 Å². The van der Waals surface area contributed by atoms with E-state index in [4.69, 9.17) is 0 Å². The topological polar surface area (TPSA) is 49.4 Å². The molecule has 0 aliphatic carbocycles. The Balaban J connectivity index is 2.77. The Morgan fingerprint density at radius 2 is 1.90 bits per heavy atom. The Morgan fingerprint density at radius 1 is 1.25 bits per heavy atom. The number of hydrogen-bond acceptors (Lipinski definition) is 5. The van der Waals surface area contributed by atoms with Gasteiger partial charge in [-0.15, -0.1) is 0 Å².